The van der Waals surface area contributed by atoms with E-state index in [2.05, 4.69) is 169 Å². The molecule has 0 radical (unpaired) electrons. The summed E-state index contributed by atoms with van der Waals surface area (Å²) in [6, 6.07) is 52.4. The van der Waals surface area contributed by atoms with Crippen molar-refractivity contribution in [2.45, 2.75) is 51.4 Å². The number of fused-ring (bicyclic) bond motifs is 8. The zero-order chi connectivity index (χ0) is 36.7. The van der Waals surface area contributed by atoms with Gasteiger partial charge in [-0.25, -0.2) is 15.0 Å². The highest BCUT2D eigenvalue weighted by Gasteiger charge is 2.47. The number of rotatable bonds is 5. The molecule has 268 valence electrons. The molecule has 55 heavy (non-hydrogen) atoms. The van der Waals surface area contributed by atoms with Crippen molar-refractivity contribution in [1.29, 1.82) is 0 Å². The minimum absolute atomic E-state index is 0.0708. The lowest BCUT2D eigenvalue weighted by molar-refractivity contribution is 0.0720. The van der Waals surface area contributed by atoms with Crippen molar-refractivity contribution < 1.29 is 0 Å². The Bertz CT molecular complexity index is 2790. The van der Waals surface area contributed by atoms with E-state index in [1.165, 1.54) is 45.4 Å². The van der Waals surface area contributed by atoms with Crippen LogP contribution in [-0.4, -0.2) is 24.1 Å². The summed E-state index contributed by atoms with van der Waals surface area (Å²) in [6.45, 7) is 4.87. The van der Waals surface area contributed by atoms with Gasteiger partial charge in [0.25, 0.3) is 0 Å². The molecule has 2 fully saturated rings. The largest absolute Gasteiger partial charge is 0.307 e. The van der Waals surface area contributed by atoms with Crippen LogP contribution in [-0.2, 0) is 5.41 Å². The van der Waals surface area contributed by atoms with E-state index < -0.39 is 0 Å². The van der Waals surface area contributed by atoms with Gasteiger partial charge in [0.15, 0.2) is 11.6 Å². The van der Waals surface area contributed by atoms with Gasteiger partial charge >= 0.3 is 0 Å². The average molecular weight is 714 g/mol. The molecule has 0 aliphatic heterocycles. The van der Waals surface area contributed by atoms with E-state index in [0.717, 1.165) is 70.3 Å². The second kappa shape index (κ2) is 12.5. The molecule has 5 nitrogen and oxygen atoms in total. The van der Waals surface area contributed by atoms with Crippen molar-refractivity contribution >= 4 is 43.6 Å². The molecule has 5 heteroatoms. The Hall–Kier alpha value is -6.07. The molecule has 3 aromatic heterocycles. The van der Waals surface area contributed by atoms with Crippen LogP contribution in [0.3, 0.4) is 0 Å². The molecular weight excluding hydrogens is 671 g/mol. The molecule has 0 saturated heterocycles. The van der Waals surface area contributed by atoms with Crippen LogP contribution in [0.1, 0.15) is 51.8 Å². The zero-order valence-electron chi connectivity index (χ0n) is 31.4. The molecule has 2 bridgehead atoms. The third-order valence-electron chi connectivity index (χ3n) is 12.7. The predicted molar refractivity (Wildman–Crippen MR) is 226 cm³/mol. The molecule has 2 aliphatic rings. The smallest absolute Gasteiger partial charge is 0.165 e. The van der Waals surface area contributed by atoms with Gasteiger partial charge in [0, 0.05) is 38.1 Å². The van der Waals surface area contributed by atoms with Crippen molar-refractivity contribution in [3.8, 4) is 34.2 Å². The summed E-state index contributed by atoms with van der Waals surface area (Å²) in [5.74, 6) is 4.43. The first-order valence-electron chi connectivity index (χ1n) is 20.0. The normalized spacial score (nSPS) is 21.2. The van der Waals surface area contributed by atoms with Crippen LogP contribution < -0.4 is 0 Å². The van der Waals surface area contributed by atoms with Crippen molar-refractivity contribution in [2.24, 2.45) is 17.8 Å². The Kier molecular flexibility index (Phi) is 7.35. The number of para-hydroxylation sites is 5. The van der Waals surface area contributed by atoms with Crippen molar-refractivity contribution in [3.63, 3.8) is 0 Å². The van der Waals surface area contributed by atoms with Crippen molar-refractivity contribution in [2.75, 3.05) is 0 Å². The fraction of sp³-hybridized carbons (Fsp3) is 0.220. The second-order valence-corrected chi connectivity index (χ2v) is 16.5. The number of hydrogen-bond donors (Lipinski definition) is 0. The Morgan fingerprint density at radius 3 is 1.53 bits per heavy atom. The highest BCUT2D eigenvalue weighted by Crippen LogP contribution is 2.53. The summed E-state index contributed by atoms with van der Waals surface area (Å²) in [5.41, 5.74) is 8.73. The van der Waals surface area contributed by atoms with Crippen LogP contribution in [0.15, 0.2) is 146 Å². The number of hydrogen-bond acceptors (Lipinski definition) is 3. The first kappa shape index (κ1) is 32.4. The van der Waals surface area contributed by atoms with Crippen LogP contribution in [0.4, 0.5) is 0 Å². The van der Waals surface area contributed by atoms with Crippen LogP contribution in [0, 0.1) is 17.8 Å². The Morgan fingerprint density at radius 2 is 0.964 bits per heavy atom. The molecule has 0 N–H and O–H groups in total. The third-order valence-corrected chi connectivity index (χ3v) is 12.7. The topological polar surface area (TPSA) is 48.5 Å². The fourth-order valence-electron chi connectivity index (χ4n) is 10.9. The molecule has 2 saturated carbocycles. The SMILES string of the molecule is C[C@@H]1C[C@@H]2C[C@H](C)CC(c3nc(-c4ccccc4)nc(-c4cccc(-n5c6ccccc6c6ccccc65)c4-n4c5ccccc5c5ccccc54)n3)(C1)C2. The summed E-state index contributed by atoms with van der Waals surface area (Å²) in [4.78, 5) is 16.6. The molecule has 2 aliphatic carbocycles. The number of nitrogens with zero attached hydrogens (tertiary/aromatic N) is 5. The lowest BCUT2D eigenvalue weighted by Gasteiger charge is -2.49. The Labute approximate surface area is 321 Å². The van der Waals surface area contributed by atoms with E-state index in [0.29, 0.717) is 17.8 Å². The van der Waals surface area contributed by atoms with Gasteiger partial charge in [-0.3, -0.25) is 0 Å². The highest BCUT2D eigenvalue weighted by molar-refractivity contribution is 6.12. The molecule has 4 atom stereocenters. The molecule has 9 aromatic rings. The molecule has 1 unspecified atom stereocenters. The molecule has 11 rings (SSSR count). The van der Waals surface area contributed by atoms with Gasteiger partial charge < -0.3 is 9.13 Å². The van der Waals surface area contributed by atoms with Gasteiger partial charge in [-0.05, 0) is 86.3 Å². The summed E-state index contributed by atoms with van der Waals surface area (Å²) >= 11 is 0. The standard InChI is InChI=1S/C50H43N5/c1-32-27-34-28-33(2)30-50(29-32,31-34)49-52-47(35-15-4-3-5-16-35)51-48(53-49)40-21-14-26-45(54-41-22-10-6-17-36(41)37-18-7-11-23-42(37)54)46(40)55-43-24-12-8-19-38(43)39-20-9-13-25-44(39)55/h3-26,32-34H,27-31H2,1-2H3/t32-,33+,34-,50?. The van der Waals surface area contributed by atoms with Crippen LogP contribution >= 0.6 is 0 Å². The molecule has 3 heterocycles. The number of aromatic nitrogens is 5. The quantitative estimate of drug-likeness (QED) is 0.178. The molecule has 0 spiro atoms. The van der Waals surface area contributed by atoms with E-state index in [4.69, 9.17) is 15.0 Å². The average Bonchev–Trinajstić information content (AvgIpc) is 3.73. The number of benzene rings is 6. The predicted octanol–water partition coefficient (Wildman–Crippen LogP) is 12.5. The zero-order valence-corrected chi connectivity index (χ0v) is 31.4. The lowest BCUT2D eigenvalue weighted by Crippen LogP contribution is -2.43. The maximum Gasteiger partial charge on any atom is 0.165 e. The first-order chi connectivity index (χ1) is 27.0. The van der Waals surface area contributed by atoms with Crippen LogP contribution in [0.25, 0.3) is 77.8 Å². The van der Waals surface area contributed by atoms with Gasteiger partial charge in [0.1, 0.15) is 5.82 Å². The maximum absolute atomic E-state index is 5.67. The van der Waals surface area contributed by atoms with E-state index in [1.807, 2.05) is 0 Å². The van der Waals surface area contributed by atoms with Gasteiger partial charge in [-0.2, -0.15) is 0 Å². The summed E-state index contributed by atoms with van der Waals surface area (Å²) in [5, 5.41) is 4.91. The maximum atomic E-state index is 5.67. The molecular formula is C50H43N5. The van der Waals surface area contributed by atoms with Crippen molar-refractivity contribution in [3.05, 3.63) is 151 Å². The van der Waals surface area contributed by atoms with Gasteiger partial charge in [0.05, 0.1) is 33.4 Å². The fourth-order valence-corrected chi connectivity index (χ4v) is 10.9. The lowest BCUT2D eigenvalue weighted by atomic mass is 9.56. The third kappa shape index (κ3) is 5.09. The monoisotopic (exact) mass is 713 g/mol. The minimum Gasteiger partial charge on any atom is -0.307 e. The Morgan fingerprint density at radius 1 is 0.473 bits per heavy atom. The van der Waals surface area contributed by atoms with E-state index in [-0.39, 0.29) is 5.41 Å². The van der Waals surface area contributed by atoms with Gasteiger partial charge in [-0.15, -0.1) is 0 Å². The molecule has 6 aromatic carbocycles. The summed E-state index contributed by atoms with van der Waals surface area (Å²) in [7, 11) is 0. The summed E-state index contributed by atoms with van der Waals surface area (Å²) < 4.78 is 4.91. The van der Waals surface area contributed by atoms with Crippen LogP contribution in [0.5, 0.6) is 0 Å². The second-order valence-electron chi connectivity index (χ2n) is 16.5. The highest BCUT2D eigenvalue weighted by atomic mass is 15.1. The van der Waals surface area contributed by atoms with E-state index in [9.17, 15) is 0 Å². The van der Waals surface area contributed by atoms with E-state index in [1.54, 1.807) is 0 Å². The molecule has 0 amide bonds. The van der Waals surface area contributed by atoms with E-state index >= 15 is 0 Å². The summed E-state index contributed by atoms with van der Waals surface area (Å²) in [6.07, 6.45) is 5.99. The van der Waals surface area contributed by atoms with Gasteiger partial charge in [0.2, 0.25) is 0 Å². The van der Waals surface area contributed by atoms with Gasteiger partial charge in [-0.1, -0.05) is 123 Å². The van der Waals surface area contributed by atoms with Crippen LogP contribution in [0.2, 0.25) is 0 Å². The van der Waals surface area contributed by atoms with Crippen molar-refractivity contribution in [1.82, 2.24) is 24.1 Å². The first-order valence-corrected chi connectivity index (χ1v) is 20.0. The minimum atomic E-state index is -0.0708. The Balaban J connectivity index is 1.27.